The van der Waals surface area contributed by atoms with E-state index in [9.17, 15) is 4.79 Å². The second-order valence-electron chi connectivity index (χ2n) is 9.38. The van der Waals surface area contributed by atoms with Crippen molar-refractivity contribution in [1.82, 2.24) is 10.2 Å². The normalized spacial score (nSPS) is 21.0. The molecule has 35 heavy (non-hydrogen) atoms. The average Bonchev–Trinajstić information content (AvgIpc) is 3.14. The number of fused-ring (bicyclic) bond motifs is 2. The van der Waals surface area contributed by atoms with Crippen molar-refractivity contribution in [2.24, 2.45) is 0 Å². The smallest absolute Gasteiger partial charge is 0.220 e. The van der Waals surface area contributed by atoms with Crippen molar-refractivity contribution in [3.8, 4) is 11.5 Å². The number of rotatable bonds is 10. The standard InChI is InChI=1S/C28H38N2O5/c1-5-25(31)29-26-22-8-6-7-9-23(22)28(27(26)35-17-16-32-2)12-14-30(15-13-28)19-20-18-21(33-3)10-11-24(20)34-4/h6-11,18,26-27H,5,12-17,19H2,1-4H3,(H,29,31)/t26-,27+/m0/s1. The van der Waals surface area contributed by atoms with Crippen molar-refractivity contribution in [2.75, 3.05) is 47.6 Å². The van der Waals surface area contributed by atoms with Crippen LogP contribution in [0.4, 0.5) is 0 Å². The van der Waals surface area contributed by atoms with Gasteiger partial charge in [0.05, 0.1) is 39.6 Å². The molecule has 0 bridgehead atoms. The van der Waals surface area contributed by atoms with Crippen LogP contribution in [0.3, 0.4) is 0 Å². The Kier molecular flexibility index (Phi) is 8.31. The lowest BCUT2D eigenvalue weighted by Gasteiger charge is -2.44. The fourth-order valence-corrected chi connectivity index (χ4v) is 5.71. The summed E-state index contributed by atoms with van der Waals surface area (Å²) in [5.74, 6) is 1.75. The fourth-order valence-electron chi connectivity index (χ4n) is 5.71. The summed E-state index contributed by atoms with van der Waals surface area (Å²) in [6.45, 7) is 5.56. The van der Waals surface area contributed by atoms with Gasteiger partial charge in [-0.3, -0.25) is 9.69 Å². The Morgan fingerprint density at radius 2 is 1.83 bits per heavy atom. The summed E-state index contributed by atoms with van der Waals surface area (Å²) in [6, 6.07) is 14.3. The van der Waals surface area contributed by atoms with Crippen molar-refractivity contribution in [3.05, 3.63) is 59.2 Å². The molecule has 7 heteroatoms. The molecule has 1 heterocycles. The van der Waals surface area contributed by atoms with E-state index in [0.717, 1.165) is 49.5 Å². The molecule has 1 aliphatic carbocycles. The Morgan fingerprint density at radius 3 is 2.51 bits per heavy atom. The molecule has 2 atom stereocenters. The molecular formula is C28H38N2O5. The molecule has 2 aliphatic rings. The summed E-state index contributed by atoms with van der Waals surface area (Å²) in [4.78, 5) is 14.9. The fraction of sp³-hybridized carbons (Fsp3) is 0.536. The van der Waals surface area contributed by atoms with Crippen molar-refractivity contribution in [1.29, 1.82) is 0 Å². The number of carbonyl (C=O) groups is 1. The van der Waals surface area contributed by atoms with Crippen LogP contribution in [0.1, 0.15) is 48.9 Å². The first kappa shape index (κ1) is 25.5. The van der Waals surface area contributed by atoms with Gasteiger partial charge in [-0.05, 0) is 55.3 Å². The lowest BCUT2D eigenvalue weighted by Crippen LogP contribution is -2.51. The number of piperidine rings is 1. The van der Waals surface area contributed by atoms with Crippen LogP contribution in [0.2, 0.25) is 0 Å². The molecule has 1 saturated heterocycles. The zero-order chi connectivity index (χ0) is 24.8. The first-order chi connectivity index (χ1) is 17.1. The topological polar surface area (TPSA) is 69.3 Å². The number of amides is 1. The largest absolute Gasteiger partial charge is 0.497 e. The summed E-state index contributed by atoms with van der Waals surface area (Å²) in [6.07, 6.45) is 2.23. The minimum absolute atomic E-state index is 0.0461. The van der Waals surface area contributed by atoms with Crippen molar-refractivity contribution in [3.63, 3.8) is 0 Å². The lowest BCUT2D eigenvalue weighted by atomic mass is 9.71. The summed E-state index contributed by atoms with van der Waals surface area (Å²) in [5, 5.41) is 3.26. The number of benzene rings is 2. The molecule has 1 spiro atoms. The van der Waals surface area contributed by atoms with Gasteiger partial charge in [0.15, 0.2) is 0 Å². The number of likely N-dealkylation sites (tertiary alicyclic amines) is 1. The third kappa shape index (κ3) is 5.17. The monoisotopic (exact) mass is 482 g/mol. The van der Waals surface area contributed by atoms with Gasteiger partial charge in [-0.25, -0.2) is 0 Å². The van der Waals surface area contributed by atoms with E-state index in [1.807, 2.05) is 19.1 Å². The minimum Gasteiger partial charge on any atom is -0.497 e. The maximum Gasteiger partial charge on any atom is 0.220 e. The molecule has 1 aliphatic heterocycles. The molecule has 0 unspecified atom stereocenters. The van der Waals surface area contributed by atoms with Gasteiger partial charge < -0.3 is 24.3 Å². The molecule has 0 aromatic heterocycles. The van der Waals surface area contributed by atoms with Gasteiger partial charge in [-0.15, -0.1) is 0 Å². The highest BCUT2D eigenvalue weighted by Crippen LogP contribution is 2.52. The third-order valence-electron chi connectivity index (χ3n) is 7.53. The van der Waals surface area contributed by atoms with E-state index in [0.29, 0.717) is 19.6 Å². The van der Waals surface area contributed by atoms with Crippen LogP contribution in [0.25, 0.3) is 0 Å². The van der Waals surface area contributed by atoms with Crippen molar-refractivity contribution >= 4 is 5.91 Å². The van der Waals surface area contributed by atoms with Gasteiger partial charge in [-0.1, -0.05) is 31.2 Å². The van der Waals surface area contributed by atoms with Gasteiger partial charge in [0, 0.05) is 31.1 Å². The zero-order valence-corrected chi connectivity index (χ0v) is 21.3. The number of carbonyl (C=O) groups excluding carboxylic acids is 1. The molecule has 0 saturated carbocycles. The zero-order valence-electron chi connectivity index (χ0n) is 21.3. The average molecular weight is 483 g/mol. The molecule has 1 fully saturated rings. The van der Waals surface area contributed by atoms with Gasteiger partial charge in [0.1, 0.15) is 11.5 Å². The predicted octanol–water partition coefficient (Wildman–Crippen LogP) is 3.85. The summed E-state index contributed by atoms with van der Waals surface area (Å²) in [5.41, 5.74) is 3.46. The van der Waals surface area contributed by atoms with E-state index in [1.165, 1.54) is 11.1 Å². The number of hydrogen-bond donors (Lipinski definition) is 1. The summed E-state index contributed by atoms with van der Waals surface area (Å²) in [7, 11) is 5.08. The molecule has 2 aromatic rings. The molecule has 7 nitrogen and oxygen atoms in total. The van der Waals surface area contributed by atoms with E-state index in [1.54, 1.807) is 21.3 Å². The Labute approximate surface area is 208 Å². The highest BCUT2D eigenvalue weighted by molar-refractivity contribution is 5.76. The van der Waals surface area contributed by atoms with Crippen LogP contribution in [-0.4, -0.2) is 64.5 Å². The predicted molar refractivity (Wildman–Crippen MR) is 135 cm³/mol. The Hall–Kier alpha value is -2.61. The quantitative estimate of drug-likeness (QED) is 0.519. The van der Waals surface area contributed by atoms with Gasteiger partial charge in [0.2, 0.25) is 5.91 Å². The van der Waals surface area contributed by atoms with E-state index < -0.39 is 0 Å². The van der Waals surface area contributed by atoms with E-state index >= 15 is 0 Å². The van der Waals surface area contributed by atoms with Crippen LogP contribution in [0.5, 0.6) is 11.5 Å². The lowest BCUT2D eigenvalue weighted by molar-refractivity contribution is -0.124. The van der Waals surface area contributed by atoms with Gasteiger partial charge >= 0.3 is 0 Å². The molecule has 0 radical (unpaired) electrons. The SMILES string of the molecule is CCC(=O)N[C@H]1c2ccccc2C2(CCN(Cc3cc(OC)ccc3OC)CC2)[C@@H]1OCCOC. The molecular weight excluding hydrogens is 444 g/mol. The Bertz CT molecular complexity index is 1000. The van der Waals surface area contributed by atoms with Crippen molar-refractivity contribution in [2.45, 2.75) is 50.3 Å². The maximum absolute atomic E-state index is 12.5. The first-order valence-electron chi connectivity index (χ1n) is 12.5. The Balaban J connectivity index is 1.58. The van der Waals surface area contributed by atoms with Crippen LogP contribution < -0.4 is 14.8 Å². The van der Waals surface area contributed by atoms with E-state index in [-0.39, 0.29) is 23.5 Å². The molecule has 190 valence electrons. The molecule has 1 N–H and O–H groups in total. The second kappa shape index (κ2) is 11.4. The van der Waals surface area contributed by atoms with Crippen LogP contribution in [0.15, 0.2) is 42.5 Å². The van der Waals surface area contributed by atoms with Crippen LogP contribution in [0, 0.1) is 0 Å². The number of ether oxygens (including phenoxy) is 4. The van der Waals surface area contributed by atoms with Gasteiger partial charge in [-0.2, -0.15) is 0 Å². The Morgan fingerprint density at radius 1 is 1.06 bits per heavy atom. The molecule has 1 amide bonds. The second-order valence-corrected chi connectivity index (χ2v) is 9.38. The van der Waals surface area contributed by atoms with Crippen LogP contribution >= 0.6 is 0 Å². The van der Waals surface area contributed by atoms with Crippen molar-refractivity contribution < 1.29 is 23.7 Å². The number of methoxy groups -OCH3 is 3. The van der Waals surface area contributed by atoms with Crippen LogP contribution in [-0.2, 0) is 26.2 Å². The third-order valence-corrected chi connectivity index (χ3v) is 7.53. The molecule has 4 rings (SSSR count). The maximum atomic E-state index is 12.5. The highest BCUT2D eigenvalue weighted by Gasteiger charge is 2.54. The van der Waals surface area contributed by atoms with Gasteiger partial charge in [0.25, 0.3) is 0 Å². The molecule has 2 aromatic carbocycles. The summed E-state index contributed by atoms with van der Waals surface area (Å²) < 4.78 is 22.8. The number of hydrogen-bond acceptors (Lipinski definition) is 6. The van der Waals surface area contributed by atoms with E-state index in [4.69, 9.17) is 18.9 Å². The minimum atomic E-state index is -0.152. The first-order valence-corrected chi connectivity index (χ1v) is 12.5. The number of nitrogens with one attached hydrogen (secondary N) is 1. The van der Waals surface area contributed by atoms with E-state index in [2.05, 4.69) is 40.5 Å². The number of nitrogens with zero attached hydrogens (tertiary/aromatic N) is 1. The highest BCUT2D eigenvalue weighted by atomic mass is 16.5. The summed E-state index contributed by atoms with van der Waals surface area (Å²) >= 11 is 0.